The summed E-state index contributed by atoms with van der Waals surface area (Å²) < 4.78 is 0. The molecule has 1 amide bonds. The Bertz CT molecular complexity index is 238. The highest BCUT2D eigenvalue weighted by molar-refractivity contribution is 5.81. The minimum absolute atomic E-state index is 0.0155. The number of rotatable bonds is 7. The van der Waals surface area contributed by atoms with Crippen LogP contribution < -0.4 is 10.6 Å². The highest BCUT2D eigenvalue weighted by Gasteiger charge is 2.26. The summed E-state index contributed by atoms with van der Waals surface area (Å²) >= 11 is 0. The summed E-state index contributed by atoms with van der Waals surface area (Å²) in [5.41, 5.74) is -0.785. The Morgan fingerprint density at radius 1 is 1.24 bits per heavy atom. The molecule has 0 heterocycles. The maximum atomic E-state index is 11.7. The lowest BCUT2D eigenvalue weighted by molar-refractivity contribution is -0.123. The van der Waals surface area contributed by atoms with E-state index in [9.17, 15) is 9.90 Å². The van der Waals surface area contributed by atoms with E-state index in [2.05, 4.69) is 24.5 Å². The number of hydrogen-bond donors (Lipinski definition) is 3. The molecule has 0 saturated heterocycles. The lowest BCUT2D eigenvalue weighted by atomic mass is 9.92. The smallest absolute Gasteiger partial charge is 0.236 e. The third-order valence-electron chi connectivity index (χ3n) is 3.09. The molecular weight excluding hydrogens is 216 g/mol. The maximum Gasteiger partial charge on any atom is 0.236 e. The van der Waals surface area contributed by atoms with Crippen molar-refractivity contribution in [3.63, 3.8) is 0 Å². The zero-order chi connectivity index (χ0) is 13.6. The van der Waals surface area contributed by atoms with Crippen molar-refractivity contribution in [3.05, 3.63) is 0 Å². The Hall–Kier alpha value is -0.610. The fraction of sp³-hybridized carbons (Fsp3) is 0.923. The molecule has 0 aliphatic carbocycles. The Balaban J connectivity index is 4.01. The van der Waals surface area contributed by atoms with Gasteiger partial charge in [0.15, 0.2) is 0 Å². The van der Waals surface area contributed by atoms with Gasteiger partial charge in [0, 0.05) is 13.1 Å². The first-order valence-electron chi connectivity index (χ1n) is 6.40. The topological polar surface area (TPSA) is 61.4 Å². The van der Waals surface area contributed by atoms with E-state index >= 15 is 0 Å². The number of amides is 1. The van der Waals surface area contributed by atoms with Crippen molar-refractivity contribution < 1.29 is 9.90 Å². The van der Waals surface area contributed by atoms with Crippen molar-refractivity contribution in [1.82, 2.24) is 10.6 Å². The molecule has 4 heteroatoms. The van der Waals surface area contributed by atoms with Gasteiger partial charge in [-0.3, -0.25) is 4.79 Å². The first kappa shape index (κ1) is 16.4. The van der Waals surface area contributed by atoms with Crippen LogP contribution in [0.2, 0.25) is 0 Å². The monoisotopic (exact) mass is 244 g/mol. The zero-order valence-electron chi connectivity index (χ0n) is 12.0. The van der Waals surface area contributed by atoms with Gasteiger partial charge >= 0.3 is 0 Å². The molecule has 0 aliphatic rings. The third kappa shape index (κ3) is 6.64. The molecule has 0 radical (unpaired) electrons. The van der Waals surface area contributed by atoms with E-state index in [1.807, 2.05) is 20.8 Å². The predicted molar refractivity (Wildman–Crippen MR) is 70.8 cm³/mol. The van der Waals surface area contributed by atoms with Gasteiger partial charge in [0.25, 0.3) is 0 Å². The average molecular weight is 244 g/mol. The van der Waals surface area contributed by atoms with E-state index in [1.165, 1.54) is 0 Å². The normalized spacial score (nSPS) is 17.0. The van der Waals surface area contributed by atoms with Crippen molar-refractivity contribution in [2.75, 3.05) is 13.1 Å². The summed E-state index contributed by atoms with van der Waals surface area (Å²) in [4.78, 5) is 11.7. The van der Waals surface area contributed by atoms with Gasteiger partial charge in [0.1, 0.15) is 0 Å². The maximum absolute atomic E-state index is 11.7. The molecule has 0 rings (SSSR count). The van der Waals surface area contributed by atoms with Crippen LogP contribution in [0.3, 0.4) is 0 Å². The molecule has 0 fully saturated rings. The molecule has 17 heavy (non-hydrogen) atoms. The molecule has 0 aromatic rings. The van der Waals surface area contributed by atoms with Crippen LogP contribution in [0.25, 0.3) is 0 Å². The van der Waals surface area contributed by atoms with Gasteiger partial charge in [-0.25, -0.2) is 0 Å². The van der Waals surface area contributed by atoms with E-state index in [0.29, 0.717) is 19.0 Å². The number of carbonyl (C=O) groups excluding carboxylic acids is 1. The molecule has 2 atom stereocenters. The largest absolute Gasteiger partial charge is 0.389 e. The van der Waals surface area contributed by atoms with Crippen LogP contribution in [-0.4, -0.2) is 35.7 Å². The predicted octanol–water partition coefficient (Wildman–Crippen LogP) is 1.14. The van der Waals surface area contributed by atoms with E-state index in [4.69, 9.17) is 0 Å². The van der Waals surface area contributed by atoms with Gasteiger partial charge in [-0.15, -0.1) is 0 Å². The number of carbonyl (C=O) groups is 1. The second kappa shape index (κ2) is 6.97. The summed E-state index contributed by atoms with van der Waals surface area (Å²) in [7, 11) is 0. The Labute approximate surface area is 105 Å². The van der Waals surface area contributed by atoms with Gasteiger partial charge in [-0.2, -0.15) is 0 Å². The standard InChI is InChI=1S/C13H28N2O2/c1-9(2)7-14-12(16)11(5)15-8-13(6,17)10(3)4/h9-11,15,17H,7-8H2,1-6H3,(H,14,16). The molecular formula is C13H28N2O2. The molecule has 0 bridgehead atoms. The Morgan fingerprint density at radius 2 is 1.76 bits per heavy atom. The van der Waals surface area contributed by atoms with Crippen molar-refractivity contribution in [2.45, 2.75) is 53.2 Å². The third-order valence-corrected chi connectivity index (χ3v) is 3.09. The first-order valence-corrected chi connectivity index (χ1v) is 6.40. The first-order chi connectivity index (χ1) is 7.66. The van der Waals surface area contributed by atoms with Crippen molar-refractivity contribution in [3.8, 4) is 0 Å². The Kier molecular flexibility index (Phi) is 6.72. The number of hydrogen-bond acceptors (Lipinski definition) is 3. The second-order valence-electron chi connectivity index (χ2n) is 5.75. The molecule has 0 aliphatic heterocycles. The van der Waals surface area contributed by atoms with Crippen molar-refractivity contribution in [1.29, 1.82) is 0 Å². The van der Waals surface area contributed by atoms with Gasteiger partial charge in [0.05, 0.1) is 11.6 Å². The van der Waals surface area contributed by atoms with Crippen LogP contribution >= 0.6 is 0 Å². The summed E-state index contributed by atoms with van der Waals surface area (Å²) in [6.45, 7) is 12.7. The second-order valence-corrected chi connectivity index (χ2v) is 5.75. The lowest BCUT2D eigenvalue weighted by Crippen LogP contribution is -2.50. The van der Waals surface area contributed by atoms with Crippen LogP contribution in [-0.2, 0) is 4.79 Å². The van der Waals surface area contributed by atoms with E-state index in [-0.39, 0.29) is 17.9 Å². The number of aliphatic hydroxyl groups is 1. The lowest BCUT2D eigenvalue weighted by Gasteiger charge is -2.29. The molecule has 102 valence electrons. The van der Waals surface area contributed by atoms with E-state index < -0.39 is 5.60 Å². The highest BCUT2D eigenvalue weighted by Crippen LogP contribution is 2.14. The molecule has 0 aromatic heterocycles. The van der Waals surface area contributed by atoms with Gasteiger partial charge in [0.2, 0.25) is 5.91 Å². The molecule has 2 unspecified atom stereocenters. The summed E-state index contributed by atoms with van der Waals surface area (Å²) in [5.74, 6) is 0.587. The fourth-order valence-corrected chi connectivity index (χ4v) is 1.11. The molecule has 0 spiro atoms. The Morgan fingerprint density at radius 3 is 2.18 bits per heavy atom. The van der Waals surface area contributed by atoms with Crippen molar-refractivity contribution in [2.24, 2.45) is 11.8 Å². The zero-order valence-corrected chi connectivity index (χ0v) is 12.0. The van der Waals surface area contributed by atoms with Crippen LogP contribution in [0, 0.1) is 11.8 Å². The van der Waals surface area contributed by atoms with Crippen LogP contribution in [0.15, 0.2) is 0 Å². The molecule has 0 aromatic carbocycles. The van der Waals surface area contributed by atoms with E-state index in [1.54, 1.807) is 6.92 Å². The highest BCUT2D eigenvalue weighted by atomic mass is 16.3. The van der Waals surface area contributed by atoms with Crippen LogP contribution in [0.1, 0.15) is 41.5 Å². The van der Waals surface area contributed by atoms with E-state index in [0.717, 1.165) is 0 Å². The van der Waals surface area contributed by atoms with Crippen LogP contribution in [0.4, 0.5) is 0 Å². The molecule has 0 saturated carbocycles. The van der Waals surface area contributed by atoms with Crippen molar-refractivity contribution >= 4 is 5.91 Å². The summed E-state index contributed by atoms with van der Waals surface area (Å²) in [6.07, 6.45) is 0. The minimum atomic E-state index is -0.785. The van der Waals surface area contributed by atoms with Gasteiger partial charge < -0.3 is 15.7 Å². The fourth-order valence-electron chi connectivity index (χ4n) is 1.11. The average Bonchev–Trinajstić information content (AvgIpc) is 2.22. The van der Waals surface area contributed by atoms with Crippen LogP contribution in [0.5, 0.6) is 0 Å². The number of nitrogens with one attached hydrogen (secondary N) is 2. The molecule has 4 nitrogen and oxygen atoms in total. The SMILES string of the molecule is CC(C)CNC(=O)C(C)NCC(C)(O)C(C)C. The summed E-state index contributed by atoms with van der Waals surface area (Å²) in [6, 6.07) is -0.279. The quantitative estimate of drug-likeness (QED) is 0.629. The van der Waals surface area contributed by atoms with Gasteiger partial charge in [-0.05, 0) is 25.7 Å². The molecule has 3 N–H and O–H groups in total. The summed E-state index contributed by atoms with van der Waals surface area (Å²) in [5, 5.41) is 16.0. The minimum Gasteiger partial charge on any atom is -0.389 e. The van der Waals surface area contributed by atoms with Gasteiger partial charge in [-0.1, -0.05) is 27.7 Å².